The first-order chi connectivity index (χ1) is 23.8. The number of benzene rings is 8. The second kappa shape index (κ2) is 12.0. The first-order valence-corrected chi connectivity index (χ1v) is 17.2. The third-order valence-corrected chi connectivity index (χ3v) is 10.4. The largest absolute Gasteiger partial charge is 0.311 e. The molecule has 0 fully saturated rings. The second-order valence-corrected chi connectivity index (χ2v) is 13.3. The molecule has 0 saturated heterocycles. The van der Waals surface area contributed by atoms with Crippen molar-refractivity contribution < 1.29 is 0 Å². The fourth-order valence-corrected chi connectivity index (χ4v) is 7.93. The van der Waals surface area contributed by atoms with Crippen LogP contribution in [0.1, 0.15) is 0 Å². The summed E-state index contributed by atoms with van der Waals surface area (Å²) < 4.78 is 1.32. The summed E-state index contributed by atoms with van der Waals surface area (Å²) in [6, 6.07) is 68.2. The molecule has 48 heavy (non-hydrogen) atoms. The van der Waals surface area contributed by atoms with Crippen molar-refractivity contribution in [3.8, 4) is 32.7 Å². The van der Waals surface area contributed by atoms with Crippen molar-refractivity contribution in [1.29, 1.82) is 0 Å². The van der Waals surface area contributed by atoms with Crippen LogP contribution in [0.2, 0.25) is 0 Å². The minimum absolute atomic E-state index is 1.12. The topological polar surface area (TPSA) is 3.24 Å². The van der Waals surface area contributed by atoms with Gasteiger partial charge < -0.3 is 4.90 Å². The van der Waals surface area contributed by atoms with E-state index in [1.807, 2.05) is 11.3 Å². The molecule has 0 bridgehead atoms. The summed E-state index contributed by atoms with van der Waals surface area (Å²) in [5, 5.41) is 6.40. The lowest BCUT2D eigenvalue weighted by atomic mass is 9.93. The van der Waals surface area contributed by atoms with Gasteiger partial charge in [0.05, 0.1) is 0 Å². The number of rotatable bonds is 6. The highest BCUT2D eigenvalue weighted by Gasteiger charge is 2.15. The van der Waals surface area contributed by atoms with E-state index in [1.165, 1.54) is 64.3 Å². The maximum absolute atomic E-state index is 2.35. The first-order valence-electron chi connectivity index (χ1n) is 16.3. The third-order valence-electron chi connectivity index (χ3n) is 9.27. The van der Waals surface area contributed by atoms with E-state index in [2.05, 4.69) is 193 Å². The standard InChI is InChI=1S/C46H31NS/c1-2-10-32(11-3-1)33-18-24-38(25-19-33)47(40-28-22-35(23-29-40)46-31-37-13-5-9-17-45(37)48-46)39-26-20-34(21-27-39)44-30-36-12-4-6-14-41(36)42-15-7-8-16-43(42)44/h1-31H. The number of hydrogen-bond acceptors (Lipinski definition) is 2. The van der Waals surface area contributed by atoms with Crippen LogP contribution in [-0.4, -0.2) is 0 Å². The van der Waals surface area contributed by atoms with E-state index in [0.29, 0.717) is 0 Å². The van der Waals surface area contributed by atoms with E-state index in [1.54, 1.807) is 0 Å². The van der Waals surface area contributed by atoms with Crippen molar-refractivity contribution >= 4 is 60.0 Å². The number of hydrogen-bond donors (Lipinski definition) is 0. The SMILES string of the molecule is c1ccc(-c2ccc(N(c3ccc(-c4cc5ccccc5s4)cc3)c3ccc(-c4cc5ccccc5c5ccccc45)cc3)cc2)cc1. The molecule has 2 heteroatoms. The van der Waals surface area contributed by atoms with Crippen LogP contribution in [0.3, 0.4) is 0 Å². The molecule has 0 spiro atoms. The van der Waals surface area contributed by atoms with Crippen molar-refractivity contribution in [3.05, 3.63) is 188 Å². The van der Waals surface area contributed by atoms with Gasteiger partial charge in [0.1, 0.15) is 0 Å². The van der Waals surface area contributed by atoms with Gasteiger partial charge in [-0.2, -0.15) is 0 Å². The van der Waals surface area contributed by atoms with Crippen LogP contribution in [0.4, 0.5) is 17.1 Å². The predicted molar refractivity (Wildman–Crippen MR) is 208 cm³/mol. The number of nitrogens with zero attached hydrogens (tertiary/aromatic N) is 1. The summed E-state index contributed by atoms with van der Waals surface area (Å²) in [4.78, 5) is 3.64. The van der Waals surface area contributed by atoms with E-state index < -0.39 is 0 Å². The maximum atomic E-state index is 2.35. The Bertz CT molecular complexity index is 2490. The van der Waals surface area contributed by atoms with Gasteiger partial charge in [-0.15, -0.1) is 11.3 Å². The van der Waals surface area contributed by atoms with E-state index in [-0.39, 0.29) is 0 Å². The fraction of sp³-hybridized carbons (Fsp3) is 0. The normalized spacial score (nSPS) is 11.3. The zero-order valence-electron chi connectivity index (χ0n) is 26.3. The second-order valence-electron chi connectivity index (χ2n) is 12.2. The Morgan fingerprint density at radius 1 is 0.333 bits per heavy atom. The highest BCUT2D eigenvalue weighted by molar-refractivity contribution is 7.22. The van der Waals surface area contributed by atoms with E-state index in [0.717, 1.165) is 17.1 Å². The van der Waals surface area contributed by atoms with Gasteiger partial charge in [-0.05, 0) is 109 Å². The Morgan fingerprint density at radius 2 is 0.833 bits per heavy atom. The summed E-state index contributed by atoms with van der Waals surface area (Å²) in [5.41, 5.74) is 9.48. The van der Waals surface area contributed by atoms with Crippen molar-refractivity contribution in [1.82, 2.24) is 0 Å². The summed E-state index contributed by atoms with van der Waals surface area (Å²) in [6.45, 7) is 0. The smallest absolute Gasteiger partial charge is 0.0462 e. The van der Waals surface area contributed by atoms with Gasteiger partial charge in [0.25, 0.3) is 0 Å². The molecule has 0 N–H and O–H groups in total. The maximum Gasteiger partial charge on any atom is 0.0462 e. The molecule has 1 nitrogen and oxygen atoms in total. The lowest BCUT2D eigenvalue weighted by Crippen LogP contribution is -2.09. The Morgan fingerprint density at radius 3 is 1.50 bits per heavy atom. The van der Waals surface area contributed by atoms with Gasteiger partial charge in [-0.3, -0.25) is 0 Å². The molecule has 0 unspecified atom stereocenters. The van der Waals surface area contributed by atoms with Crippen molar-refractivity contribution in [2.75, 3.05) is 4.90 Å². The summed E-state index contributed by atoms with van der Waals surface area (Å²) in [6.07, 6.45) is 0. The van der Waals surface area contributed by atoms with Gasteiger partial charge in [-0.1, -0.05) is 133 Å². The van der Waals surface area contributed by atoms with E-state index in [9.17, 15) is 0 Å². The molecule has 1 heterocycles. The van der Waals surface area contributed by atoms with Crippen LogP contribution < -0.4 is 4.90 Å². The third kappa shape index (κ3) is 5.13. The Hall–Kier alpha value is -5.96. The molecule has 226 valence electrons. The first kappa shape index (κ1) is 28.3. The molecule has 0 amide bonds. The molecule has 8 aromatic carbocycles. The summed E-state index contributed by atoms with van der Waals surface area (Å²) in [7, 11) is 0. The molecular weight excluding hydrogens is 599 g/mol. The number of thiophene rings is 1. The van der Waals surface area contributed by atoms with Crippen LogP contribution >= 0.6 is 11.3 Å². The van der Waals surface area contributed by atoms with Crippen LogP contribution in [0.15, 0.2) is 188 Å². The Kier molecular flexibility index (Phi) is 7.07. The van der Waals surface area contributed by atoms with Crippen LogP contribution in [-0.2, 0) is 0 Å². The fourth-order valence-electron chi connectivity index (χ4n) is 6.86. The van der Waals surface area contributed by atoms with E-state index >= 15 is 0 Å². The van der Waals surface area contributed by atoms with E-state index in [4.69, 9.17) is 0 Å². The zero-order chi connectivity index (χ0) is 31.9. The lowest BCUT2D eigenvalue weighted by molar-refractivity contribution is 1.28. The minimum Gasteiger partial charge on any atom is -0.311 e. The molecule has 0 saturated carbocycles. The molecule has 0 aliphatic carbocycles. The molecule has 0 aliphatic rings. The van der Waals surface area contributed by atoms with Gasteiger partial charge in [0.2, 0.25) is 0 Å². The minimum atomic E-state index is 1.12. The molecule has 0 atom stereocenters. The van der Waals surface area contributed by atoms with Crippen LogP contribution in [0.25, 0.3) is 64.3 Å². The van der Waals surface area contributed by atoms with Crippen LogP contribution in [0.5, 0.6) is 0 Å². The van der Waals surface area contributed by atoms with Gasteiger partial charge in [0, 0.05) is 26.6 Å². The molecular formula is C46H31NS. The average Bonchev–Trinajstić information content (AvgIpc) is 3.61. The highest BCUT2D eigenvalue weighted by Crippen LogP contribution is 2.41. The van der Waals surface area contributed by atoms with Gasteiger partial charge in [0.15, 0.2) is 0 Å². The summed E-state index contributed by atoms with van der Waals surface area (Å²) in [5.74, 6) is 0. The Labute approximate surface area is 284 Å². The molecule has 1 aromatic heterocycles. The number of fused-ring (bicyclic) bond motifs is 4. The van der Waals surface area contributed by atoms with Gasteiger partial charge >= 0.3 is 0 Å². The van der Waals surface area contributed by atoms with Gasteiger partial charge in [-0.25, -0.2) is 0 Å². The monoisotopic (exact) mass is 629 g/mol. The quantitative estimate of drug-likeness (QED) is 0.165. The summed E-state index contributed by atoms with van der Waals surface area (Å²) >= 11 is 1.84. The number of anilines is 3. The molecule has 9 aromatic rings. The van der Waals surface area contributed by atoms with Crippen LogP contribution in [0, 0.1) is 0 Å². The van der Waals surface area contributed by atoms with Crippen molar-refractivity contribution in [3.63, 3.8) is 0 Å². The lowest BCUT2D eigenvalue weighted by Gasteiger charge is -2.26. The molecule has 0 aliphatic heterocycles. The zero-order valence-corrected chi connectivity index (χ0v) is 27.1. The highest BCUT2D eigenvalue weighted by atomic mass is 32.1. The average molecular weight is 630 g/mol. The predicted octanol–water partition coefficient (Wildman–Crippen LogP) is 13.7. The molecule has 9 rings (SSSR count). The van der Waals surface area contributed by atoms with Crippen molar-refractivity contribution in [2.24, 2.45) is 0 Å². The Balaban J connectivity index is 1.12. The molecule has 0 radical (unpaired) electrons. The van der Waals surface area contributed by atoms with Crippen molar-refractivity contribution in [2.45, 2.75) is 0 Å².